The number of imidazole rings is 1. The maximum absolute atomic E-state index is 5.98. The van der Waals surface area contributed by atoms with E-state index in [0.717, 1.165) is 11.5 Å². The summed E-state index contributed by atoms with van der Waals surface area (Å²) in [5, 5.41) is 0. The van der Waals surface area contributed by atoms with E-state index in [1.165, 1.54) is 0 Å². The lowest BCUT2D eigenvalue weighted by molar-refractivity contribution is 0.183. The van der Waals surface area contributed by atoms with Crippen molar-refractivity contribution in [3.8, 4) is 0 Å². The fourth-order valence-electron chi connectivity index (χ4n) is 1.51. The number of hydrogen-bond acceptors (Lipinski definition) is 3. The topological polar surface area (TPSA) is 53.1 Å². The van der Waals surface area contributed by atoms with E-state index in [1.54, 1.807) is 13.4 Å². The standard InChI is InChI=1S/C10H19N3O/c1-7(2)13-6-12-9(10(13)11)8(3)5-14-4/h6-8H,5,11H2,1-4H3. The summed E-state index contributed by atoms with van der Waals surface area (Å²) >= 11 is 0. The van der Waals surface area contributed by atoms with Crippen molar-refractivity contribution in [1.82, 2.24) is 9.55 Å². The fraction of sp³-hybridized carbons (Fsp3) is 0.700. The molecule has 0 saturated heterocycles. The molecule has 1 unspecified atom stereocenters. The maximum Gasteiger partial charge on any atom is 0.127 e. The third kappa shape index (κ3) is 2.07. The fourth-order valence-corrected chi connectivity index (χ4v) is 1.51. The number of rotatable bonds is 4. The first-order valence-corrected chi connectivity index (χ1v) is 4.89. The van der Waals surface area contributed by atoms with E-state index in [-0.39, 0.29) is 5.92 Å². The molecule has 14 heavy (non-hydrogen) atoms. The van der Waals surface area contributed by atoms with Crippen LogP contribution < -0.4 is 5.73 Å². The Labute approximate surface area is 85.1 Å². The second kappa shape index (κ2) is 4.46. The van der Waals surface area contributed by atoms with Crippen LogP contribution in [0.1, 0.15) is 38.4 Å². The molecule has 0 saturated carbocycles. The SMILES string of the molecule is COCC(C)c1ncn(C(C)C)c1N. The second-order valence-electron chi connectivity index (χ2n) is 3.87. The van der Waals surface area contributed by atoms with Crippen molar-refractivity contribution >= 4 is 5.82 Å². The minimum absolute atomic E-state index is 0.250. The van der Waals surface area contributed by atoms with Gasteiger partial charge in [-0.25, -0.2) is 4.98 Å². The van der Waals surface area contributed by atoms with Crippen LogP contribution in [0.15, 0.2) is 6.33 Å². The number of ether oxygens (including phenoxy) is 1. The van der Waals surface area contributed by atoms with Crippen molar-refractivity contribution in [1.29, 1.82) is 0 Å². The number of nitrogens with zero attached hydrogens (tertiary/aromatic N) is 2. The van der Waals surface area contributed by atoms with Gasteiger partial charge in [0.1, 0.15) is 5.82 Å². The molecule has 0 aliphatic rings. The number of anilines is 1. The van der Waals surface area contributed by atoms with E-state index in [1.807, 2.05) is 4.57 Å². The molecule has 1 aromatic rings. The number of aromatic nitrogens is 2. The van der Waals surface area contributed by atoms with Gasteiger partial charge >= 0.3 is 0 Å². The van der Waals surface area contributed by atoms with Crippen molar-refractivity contribution in [2.45, 2.75) is 32.7 Å². The molecule has 0 aliphatic heterocycles. The van der Waals surface area contributed by atoms with Crippen LogP contribution >= 0.6 is 0 Å². The molecule has 0 aliphatic carbocycles. The molecule has 1 atom stereocenters. The van der Waals surface area contributed by atoms with E-state index < -0.39 is 0 Å². The van der Waals surface area contributed by atoms with Gasteiger partial charge in [-0.15, -0.1) is 0 Å². The molecule has 4 nitrogen and oxygen atoms in total. The van der Waals surface area contributed by atoms with E-state index >= 15 is 0 Å². The number of hydrogen-bond donors (Lipinski definition) is 1. The minimum Gasteiger partial charge on any atom is -0.384 e. The van der Waals surface area contributed by atoms with Gasteiger partial charge in [0, 0.05) is 19.1 Å². The predicted octanol–water partition coefficient (Wildman–Crippen LogP) is 1.80. The summed E-state index contributed by atoms with van der Waals surface area (Å²) in [6.07, 6.45) is 1.79. The molecule has 4 heteroatoms. The zero-order valence-electron chi connectivity index (χ0n) is 9.32. The lowest BCUT2D eigenvalue weighted by Gasteiger charge is -2.11. The van der Waals surface area contributed by atoms with E-state index in [4.69, 9.17) is 10.5 Å². The van der Waals surface area contributed by atoms with Crippen LogP contribution in [0, 0.1) is 0 Å². The van der Waals surface area contributed by atoms with Crippen molar-refractivity contribution < 1.29 is 4.74 Å². The number of methoxy groups -OCH3 is 1. The Morgan fingerprint density at radius 2 is 2.14 bits per heavy atom. The molecule has 0 amide bonds. The highest BCUT2D eigenvalue weighted by molar-refractivity contribution is 5.38. The van der Waals surface area contributed by atoms with Gasteiger partial charge in [0.25, 0.3) is 0 Å². The third-order valence-electron chi connectivity index (χ3n) is 2.30. The molecular weight excluding hydrogens is 178 g/mol. The molecule has 2 N–H and O–H groups in total. The summed E-state index contributed by atoms with van der Waals surface area (Å²) in [7, 11) is 1.69. The van der Waals surface area contributed by atoms with Gasteiger partial charge in [-0.05, 0) is 13.8 Å². The predicted molar refractivity (Wildman–Crippen MR) is 57.3 cm³/mol. The largest absolute Gasteiger partial charge is 0.384 e. The summed E-state index contributed by atoms with van der Waals surface area (Å²) < 4.78 is 7.05. The van der Waals surface area contributed by atoms with Crippen molar-refractivity contribution in [2.24, 2.45) is 0 Å². The molecule has 1 rings (SSSR count). The van der Waals surface area contributed by atoms with Crippen LogP contribution in [0.5, 0.6) is 0 Å². The Bertz CT molecular complexity index is 294. The number of nitrogens with two attached hydrogens (primary N) is 1. The number of nitrogen functional groups attached to an aromatic ring is 1. The smallest absolute Gasteiger partial charge is 0.127 e. The van der Waals surface area contributed by atoms with Gasteiger partial charge < -0.3 is 15.0 Å². The maximum atomic E-state index is 5.98. The quantitative estimate of drug-likeness (QED) is 0.800. The molecule has 0 radical (unpaired) electrons. The van der Waals surface area contributed by atoms with E-state index in [2.05, 4.69) is 25.8 Å². The van der Waals surface area contributed by atoms with Crippen LogP contribution in [0.2, 0.25) is 0 Å². The zero-order chi connectivity index (χ0) is 10.7. The summed E-state index contributed by atoms with van der Waals surface area (Å²) in [4.78, 5) is 4.31. The molecule has 0 aromatic carbocycles. The normalized spacial score (nSPS) is 13.5. The Morgan fingerprint density at radius 1 is 1.50 bits per heavy atom. The van der Waals surface area contributed by atoms with Crippen LogP contribution in [-0.4, -0.2) is 23.3 Å². The van der Waals surface area contributed by atoms with Gasteiger partial charge in [-0.3, -0.25) is 0 Å². The Morgan fingerprint density at radius 3 is 2.57 bits per heavy atom. The first-order chi connectivity index (χ1) is 6.57. The van der Waals surface area contributed by atoms with E-state index in [0.29, 0.717) is 12.6 Å². The molecule has 1 aromatic heterocycles. The van der Waals surface area contributed by atoms with Crippen LogP contribution in [0.25, 0.3) is 0 Å². The Hall–Kier alpha value is -1.03. The molecule has 1 heterocycles. The van der Waals surface area contributed by atoms with Gasteiger partial charge in [0.2, 0.25) is 0 Å². The molecule has 0 fully saturated rings. The second-order valence-corrected chi connectivity index (χ2v) is 3.87. The van der Waals surface area contributed by atoms with E-state index in [9.17, 15) is 0 Å². The van der Waals surface area contributed by atoms with Gasteiger partial charge in [-0.2, -0.15) is 0 Å². The summed E-state index contributed by atoms with van der Waals surface area (Å²) in [5.74, 6) is 1.00. The minimum atomic E-state index is 0.250. The summed E-state index contributed by atoms with van der Waals surface area (Å²) in [5.41, 5.74) is 6.91. The highest BCUT2D eigenvalue weighted by Crippen LogP contribution is 2.23. The molecular formula is C10H19N3O. The Kier molecular flexibility index (Phi) is 3.52. The van der Waals surface area contributed by atoms with Crippen LogP contribution in [-0.2, 0) is 4.74 Å². The van der Waals surface area contributed by atoms with Crippen LogP contribution in [0.4, 0.5) is 5.82 Å². The lowest BCUT2D eigenvalue weighted by atomic mass is 10.1. The third-order valence-corrected chi connectivity index (χ3v) is 2.30. The summed E-state index contributed by atoms with van der Waals surface area (Å²) in [6, 6.07) is 0.353. The monoisotopic (exact) mass is 197 g/mol. The molecule has 0 bridgehead atoms. The lowest BCUT2D eigenvalue weighted by Crippen LogP contribution is -2.08. The Balaban J connectivity index is 2.89. The van der Waals surface area contributed by atoms with Crippen molar-refractivity contribution in [3.05, 3.63) is 12.0 Å². The van der Waals surface area contributed by atoms with Crippen LogP contribution in [0.3, 0.4) is 0 Å². The van der Waals surface area contributed by atoms with Gasteiger partial charge in [0.05, 0.1) is 18.6 Å². The average Bonchev–Trinajstić information content (AvgIpc) is 2.47. The summed E-state index contributed by atoms with van der Waals surface area (Å²) in [6.45, 7) is 6.89. The zero-order valence-corrected chi connectivity index (χ0v) is 9.32. The first kappa shape index (κ1) is 11.0. The van der Waals surface area contributed by atoms with Gasteiger partial charge in [-0.1, -0.05) is 6.92 Å². The first-order valence-electron chi connectivity index (χ1n) is 4.89. The average molecular weight is 197 g/mol. The molecule has 0 spiro atoms. The van der Waals surface area contributed by atoms with Crippen molar-refractivity contribution in [2.75, 3.05) is 19.5 Å². The highest BCUT2D eigenvalue weighted by atomic mass is 16.5. The molecule has 80 valence electrons. The van der Waals surface area contributed by atoms with Crippen molar-refractivity contribution in [3.63, 3.8) is 0 Å². The highest BCUT2D eigenvalue weighted by Gasteiger charge is 2.15. The van der Waals surface area contributed by atoms with Gasteiger partial charge in [0.15, 0.2) is 0 Å².